The summed E-state index contributed by atoms with van der Waals surface area (Å²) in [6, 6.07) is 15.4. The average Bonchev–Trinajstić information content (AvgIpc) is 2.77. The number of benzene rings is 2. The van der Waals surface area contributed by atoms with Crippen LogP contribution in [0.1, 0.15) is 69.6 Å². The summed E-state index contributed by atoms with van der Waals surface area (Å²) in [5.74, 6) is 0.339. The number of rotatable bonds is 11. The summed E-state index contributed by atoms with van der Waals surface area (Å²) in [6.07, 6.45) is 2.40. The molecule has 0 spiro atoms. The van der Waals surface area contributed by atoms with Crippen LogP contribution < -0.4 is 5.32 Å². The van der Waals surface area contributed by atoms with Gasteiger partial charge in [-0.2, -0.15) is 0 Å². The van der Waals surface area contributed by atoms with Gasteiger partial charge >= 0.3 is 0 Å². The second kappa shape index (κ2) is 12.5. The van der Waals surface area contributed by atoms with Crippen LogP contribution in [-0.2, 0) is 22.6 Å². The van der Waals surface area contributed by atoms with Crippen molar-refractivity contribution in [1.82, 2.24) is 10.2 Å². The van der Waals surface area contributed by atoms with Gasteiger partial charge in [0.15, 0.2) is 0 Å². The van der Waals surface area contributed by atoms with Crippen molar-refractivity contribution >= 4 is 23.4 Å². The average molecular weight is 443 g/mol. The van der Waals surface area contributed by atoms with Crippen LogP contribution in [0.2, 0.25) is 5.02 Å². The van der Waals surface area contributed by atoms with Crippen molar-refractivity contribution in [3.63, 3.8) is 0 Å². The highest BCUT2D eigenvalue weighted by Crippen LogP contribution is 2.21. The first-order chi connectivity index (χ1) is 14.9. The predicted molar refractivity (Wildman–Crippen MR) is 128 cm³/mol. The summed E-state index contributed by atoms with van der Waals surface area (Å²) >= 11 is 6.36. The number of amides is 2. The van der Waals surface area contributed by atoms with Crippen LogP contribution in [0.15, 0.2) is 48.5 Å². The molecule has 2 aromatic rings. The van der Waals surface area contributed by atoms with E-state index in [9.17, 15) is 9.59 Å². The van der Waals surface area contributed by atoms with Crippen molar-refractivity contribution in [2.24, 2.45) is 0 Å². The first-order valence-corrected chi connectivity index (χ1v) is 11.6. The molecule has 0 heterocycles. The molecule has 2 aromatic carbocycles. The number of aryl methyl sites for hydroxylation is 1. The molecule has 1 unspecified atom stereocenters. The number of hydrogen-bond donors (Lipinski definition) is 1. The Balaban J connectivity index is 2.18. The van der Waals surface area contributed by atoms with Crippen LogP contribution in [0, 0.1) is 0 Å². The molecular formula is C26H35ClN2O2. The molecule has 4 nitrogen and oxygen atoms in total. The van der Waals surface area contributed by atoms with Crippen LogP contribution in [0.5, 0.6) is 0 Å². The molecule has 0 saturated carbocycles. The van der Waals surface area contributed by atoms with Crippen molar-refractivity contribution in [3.05, 3.63) is 70.2 Å². The number of carbonyl (C=O) groups is 2. The molecule has 0 aromatic heterocycles. The van der Waals surface area contributed by atoms with Gasteiger partial charge in [-0.1, -0.05) is 81.8 Å². The smallest absolute Gasteiger partial charge is 0.242 e. The van der Waals surface area contributed by atoms with E-state index in [2.05, 4.69) is 43.4 Å². The zero-order chi connectivity index (χ0) is 22.8. The van der Waals surface area contributed by atoms with E-state index in [4.69, 9.17) is 11.6 Å². The highest BCUT2D eigenvalue weighted by molar-refractivity contribution is 6.31. The minimum Gasteiger partial charge on any atom is -0.354 e. The molecule has 0 radical (unpaired) electrons. The summed E-state index contributed by atoms with van der Waals surface area (Å²) in [5.41, 5.74) is 3.26. The van der Waals surface area contributed by atoms with Gasteiger partial charge in [-0.25, -0.2) is 0 Å². The van der Waals surface area contributed by atoms with Crippen LogP contribution >= 0.6 is 11.6 Å². The molecule has 0 saturated heterocycles. The van der Waals surface area contributed by atoms with Gasteiger partial charge in [-0.15, -0.1) is 0 Å². The van der Waals surface area contributed by atoms with Gasteiger partial charge in [0, 0.05) is 24.5 Å². The number of carbonyl (C=O) groups excluding carboxylic acids is 2. The van der Waals surface area contributed by atoms with Gasteiger partial charge in [-0.05, 0) is 47.9 Å². The Hall–Kier alpha value is -2.33. The molecule has 1 N–H and O–H groups in total. The SMILES string of the molecule is CCCNC(=O)C(CC)N(Cc1ccccc1Cl)C(=O)CCc1ccc(C(C)C)cc1. The molecule has 31 heavy (non-hydrogen) atoms. The lowest BCUT2D eigenvalue weighted by Gasteiger charge is -2.31. The van der Waals surface area contributed by atoms with Gasteiger partial charge < -0.3 is 10.2 Å². The van der Waals surface area contributed by atoms with E-state index in [1.54, 1.807) is 4.90 Å². The molecule has 5 heteroatoms. The summed E-state index contributed by atoms with van der Waals surface area (Å²) < 4.78 is 0. The van der Waals surface area contributed by atoms with E-state index < -0.39 is 6.04 Å². The zero-order valence-corrected chi connectivity index (χ0v) is 19.9. The molecule has 0 aliphatic heterocycles. The van der Waals surface area contributed by atoms with E-state index in [0.29, 0.717) is 43.3 Å². The summed E-state index contributed by atoms with van der Waals surface area (Å²) in [5, 5.41) is 3.55. The van der Waals surface area contributed by atoms with Gasteiger partial charge in [0.05, 0.1) is 0 Å². The van der Waals surface area contributed by atoms with Gasteiger partial charge in [-0.3, -0.25) is 9.59 Å². The standard InChI is InChI=1S/C26H35ClN2O2/c1-5-17-28-26(31)24(6-2)29(18-22-9-7-8-10-23(22)27)25(30)16-13-20-11-14-21(15-12-20)19(3)4/h7-12,14-15,19,24H,5-6,13,16-18H2,1-4H3,(H,28,31). The zero-order valence-electron chi connectivity index (χ0n) is 19.2. The predicted octanol–water partition coefficient (Wildman–Crippen LogP) is 5.73. The van der Waals surface area contributed by atoms with Crippen LogP contribution in [0.4, 0.5) is 0 Å². The molecule has 0 aliphatic carbocycles. The maximum absolute atomic E-state index is 13.3. The number of nitrogens with zero attached hydrogens (tertiary/aromatic N) is 1. The molecule has 0 fully saturated rings. The Kier molecular flexibility index (Phi) is 10.1. The monoisotopic (exact) mass is 442 g/mol. The molecule has 1 atom stereocenters. The number of hydrogen-bond acceptors (Lipinski definition) is 2. The third kappa shape index (κ3) is 7.39. The lowest BCUT2D eigenvalue weighted by Crippen LogP contribution is -2.49. The van der Waals surface area contributed by atoms with Crippen molar-refractivity contribution in [3.8, 4) is 0 Å². The molecule has 168 valence electrons. The van der Waals surface area contributed by atoms with E-state index in [1.807, 2.05) is 38.1 Å². The molecule has 0 bridgehead atoms. The van der Waals surface area contributed by atoms with Crippen molar-refractivity contribution in [2.45, 2.75) is 71.9 Å². The van der Waals surface area contributed by atoms with Crippen LogP contribution in [0.25, 0.3) is 0 Å². The summed E-state index contributed by atoms with van der Waals surface area (Å²) in [7, 11) is 0. The molecule has 2 amide bonds. The topological polar surface area (TPSA) is 49.4 Å². The third-order valence-corrected chi connectivity index (χ3v) is 5.88. The Labute approximate surface area is 192 Å². The Bertz CT molecular complexity index is 849. The fraction of sp³-hybridized carbons (Fsp3) is 0.462. The van der Waals surface area contributed by atoms with Gasteiger partial charge in [0.1, 0.15) is 6.04 Å². The minimum absolute atomic E-state index is 0.0358. The van der Waals surface area contributed by atoms with Gasteiger partial charge in [0.2, 0.25) is 11.8 Å². The fourth-order valence-corrected chi connectivity index (χ4v) is 3.76. The third-order valence-electron chi connectivity index (χ3n) is 5.51. The van der Waals surface area contributed by atoms with Crippen molar-refractivity contribution in [1.29, 1.82) is 0 Å². The normalized spacial score (nSPS) is 11.9. The lowest BCUT2D eigenvalue weighted by molar-refractivity contribution is -0.141. The maximum atomic E-state index is 13.3. The second-order valence-electron chi connectivity index (χ2n) is 8.22. The van der Waals surface area contributed by atoms with E-state index in [-0.39, 0.29) is 11.8 Å². The van der Waals surface area contributed by atoms with Gasteiger partial charge in [0.25, 0.3) is 0 Å². The van der Waals surface area contributed by atoms with E-state index >= 15 is 0 Å². The van der Waals surface area contributed by atoms with E-state index in [0.717, 1.165) is 17.5 Å². The number of halogens is 1. The summed E-state index contributed by atoms with van der Waals surface area (Å²) in [4.78, 5) is 27.8. The first-order valence-electron chi connectivity index (χ1n) is 11.3. The quantitative estimate of drug-likeness (QED) is 0.483. The first kappa shape index (κ1) is 24.9. The highest BCUT2D eigenvalue weighted by Gasteiger charge is 2.28. The maximum Gasteiger partial charge on any atom is 0.242 e. The van der Waals surface area contributed by atoms with Crippen LogP contribution in [0.3, 0.4) is 0 Å². The minimum atomic E-state index is -0.515. The Morgan fingerprint density at radius 3 is 2.29 bits per heavy atom. The van der Waals surface area contributed by atoms with Crippen molar-refractivity contribution < 1.29 is 9.59 Å². The Morgan fingerprint density at radius 1 is 1.03 bits per heavy atom. The molecular weight excluding hydrogens is 408 g/mol. The molecule has 2 rings (SSSR count). The summed E-state index contributed by atoms with van der Waals surface area (Å²) in [6.45, 7) is 9.21. The van der Waals surface area contributed by atoms with Crippen molar-refractivity contribution in [2.75, 3.05) is 6.54 Å². The Morgan fingerprint density at radius 2 is 1.71 bits per heavy atom. The molecule has 0 aliphatic rings. The largest absolute Gasteiger partial charge is 0.354 e. The highest BCUT2D eigenvalue weighted by atomic mass is 35.5. The number of nitrogens with one attached hydrogen (secondary N) is 1. The van der Waals surface area contributed by atoms with Crippen LogP contribution in [-0.4, -0.2) is 29.3 Å². The second-order valence-corrected chi connectivity index (χ2v) is 8.63. The van der Waals surface area contributed by atoms with E-state index in [1.165, 1.54) is 5.56 Å². The lowest BCUT2D eigenvalue weighted by atomic mass is 10.00. The fourth-order valence-electron chi connectivity index (χ4n) is 3.56.